The van der Waals surface area contributed by atoms with Crippen molar-refractivity contribution in [3.05, 3.63) is 29.8 Å². The molecule has 1 aromatic rings. The third-order valence-corrected chi connectivity index (χ3v) is 4.17. The van der Waals surface area contributed by atoms with Crippen molar-refractivity contribution in [3.63, 3.8) is 0 Å². The number of carbonyl (C=O) groups is 1. The molecule has 0 spiro atoms. The van der Waals surface area contributed by atoms with Crippen LogP contribution in [0, 0.1) is 12.3 Å². The number of rotatable bonds is 5. The number of hydrogen-bond donors (Lipinski definition) is 2. The minimum atomic E-state index is -3.54. The summed E-state index contributed by atoms with van der Waals surface area (Å²) >= 11 is 0. The number of hydrogen-bond acceptors (Lipinski definition) is 3. The molecule has 0 radical (unpaired) electrons. The summed E-state index contributed by atoms with van der Waals surface area (Å²) < 4.78 is 26.6. The molecule has 19 heavy (non-hydrogen) atoms. The van der Waals surface area contributed by atoms with Crippen LogP contribution in [0.25, 0.3) is 0 Å². The van der Waals surface area contributed by atoms with Crippen LogP contribution in [-0.2, 0) is 10.0 Å². The van der Waals surface area contributed by atoms with Gasteiger partial charge in [0.2, 0.25) is 10.0 Å². The van der Waals surface area contributed by atoms with Gasteiger partial charge in [0, 0.05) is 11.6 Å². The summed E-state index contributed by atoms with van der Waals surface area (Å²) in [5.41, 5.74) is 0.272. The lowest BCUT2D eigenvalue weighted by molar-refractivity contribution is 0.0958. The zero-order valence-corrected chi connectivity index (χ0v) is 11.0. The summed E-state index contributed by atoms with van der Waals surface area (Å²) in [5, 5.41) is 2.49. The number of carbonyl (C=O) groups excluding carboxylic acids is 1. The van der Waals surface area contributed by atoms with E-state index in [1.165, 1.54) is 18.2 Å². The monoisotopic (exact) mass is 278 g/mol. The van der Waals surface area contributed by atoms with Crippen LogP contribution >= 0.6 is 0 Å². The van der Waals surface area contributed by atoms with Gasteiger partial charge in [-0.2, -0.15) is 0 Å². The highest BCUT2D eigenvalue weighted by molar-refractivity contribution is 7.89. The molecule has 0 aliphatic heterocycles. The zero-order chi connectivity index (χ0) is 13.9. The Morgan fingerprint density at radius 2 is 2.16 bits per heavy atom. The second-order valence-corrected chi connectivity index (χ2v) is 6.02. The van der Waals surface area contributed by atoms with Gasteiger partial charge in [-0.05, 0) is 31.0 Å². The minimum absolute atomic E-state index is 0.0314. The van der Waals surface area contributed by atoms with Crippen molar-refractivity contribution >= 4 is 15.9 Å². The Hall–Kier alpha value is -1.84. The van der Waals surface area contributed by atoms with Crippen molar-refractivity contribution in [3.8, 4) is 12.3 Å². The van der Waals surface area contributed by atoms with Gasteiger partial charge in [-0.1, -0.05) is 12.0 Å². The van der Waals surface area contributed by atoms with Gasteiger partial charge in [0.25, 0.3) is 5.91 Å². The number of sulfonamides is 1. The van der Waals surface area contributed by atoms with E-state index in [1.54, 1.807) is 6.07 Å². The summed E-state index contributed by atoms with van der Waals surface area (Å²) in [6.45, 7) is 0.107. The molecule has 1 aliphatic carbocycles. The molecule has 1 amide bonds. The SMILES string of the molecule is C#CCNC(=O)c1cccc(S(=O)(=O)NC2CC2)c1. The average Bonchev–Trinajstić information content (AvgIpc) is 3.19. The first-order valence-corrected chi connectivity index (χ1v) is 7.35. The highest BCUT2D eigenvalue weighted by Gasteiger charge is 2.28. The highest BCUT2D eigenvalue weighted by atomic mass is 32.2. The number of nitrogens with one attached hydrogen (secondary N) is 2. The van der Waals surface area contributed by atoms with Crippen LogP contribution in [0.4, 0.5) is 0 Å². The first kappa shape index (κ1) is 13.6. The van der Waals surface area contributed by atoms with Crippen molar-refractivity contribution in [2.24, 2.45) is 0 Å². The van der Waals surface area contributed by atoms with Gasteiger partial charge in [0.1, 0.15) is 0 Å². The molecular formula is C13H14N2O3S. The second kappa shape index (κ2) is 5.43. The van der Waals surface area contributed by atoms with Gasteiger partial charge < -0.3 is 5.32 Å². The summed E-state index contributed by atoms with van der Waals surface area (Å²) in [4.78, 5) is 11.8. The van der Waals surface area contributed by atoms with E-state index in [1.807, 2.05) is 0 Å². The average molecular weight is 278 g/mol. The van der Waals surface area contributed by atoms with E-state index >= 15 is 0 Å². The van der Waals surface area contributed by atoms with Crippen LogP contribution in [0.15, 0.2) is 29.2 Å². The largest absolute Gasteiger partial charge is 0.341 e. The van der Waals surface area contributed by atoms with Crippen LogP contribution in [-0.4, -0.2) is 26.9 Å². The van der Waals surface area contributed by atoms with Gasteiger partial charge in [-0.25, -0.2) is 13.1 Å². The zero-order valence-electron chi connectivity index (χ0n) is 10.2. The molecule has 0 heterocycles. The molecule has 0 saturated heterocycles. The maximum Gasteiger partial charge on any atom is 0.252 e. The Kier molecular flexibility index (Phi) is 3.88. The number of benzene rings is 1. The molecule has 0 atom stereocenters. The van der Waals surface area contributed by atoms with Crippen molar-refractivity contribution < 1.29 is 13.2 Å². The normalized spacial score (nSPS) is 14.7. The van der Waals surface area contributed by atoms with Crippen LogP contribution in [0.2, 0.25) is 0 Å². The third-order valence-electron chi connectivity index (χ3n) is 2.66. The smallest absolute Gasteiger partial charge is 0.252 e. The molecule has 1 aliphatic rings. The lowest BCUT2D eigenvalue weighted by Crippen LogP contribution is -2.27. The van der Waals surface area contributed by atoms with E-state index in [2.05, 4.69) is 16.0 Å². The summed E-state index contributed by atoms with van der Waals surface area (Å²) in [7, 11) is -3.54. The fourth-order valence-corrected chi connectivity index (χ4v) is 2.88. The Morgan fingerprint density at radius 3 is 2.79 bits per heavy atom. The predicted molar refractivity (Wildman–Crippen MR) is 71.0 cm³/mol. The first-order valence-electron chi connectivity index (χ1n) is 5.87. The maximum absolute atomic E-state index is 12.0. The fraction of sp³-hybridized carbons (Fsp3) is 0.308. The third kappa shape index (κ3) is 3.56. The maximum atomic E-state index is 12.0. The van der Waals surface area contributed by atoms with E-state index in [-0.39, 0.29) is 29.0 Å². The van der Waals surface area contributed by atoms with Crippen LogP contribution in [0.1, 0.15) is 23.2 Å². The molecule has 1 fully saturated rings. The van der Waals surface area contributed by atoms with E-state index in [4.69, 9.17) is 6.42 Å². The molecular weight excluding hydrogens is 264 g/mol. The molecule has 1 aromatic carbocycles. The highest BCUT2D eigenvalue weighted by Crippen LogP contribution is 2.22. The van der Waals surface area contributed by atoms with Gasteiger partial charge in [0.05, 0.1) is 11.4 Å². The summed E-state index contributed by atoms with van der Waals surface area (Å²) in [5.74, 6) is 1.90. The standard InChI is InChI=1S/C13H14N2O3S/c1-2-8-14-13(16)10-4-3-5-12(9-10)19(17,18)15-11-6-7-11/h1,3-5,9,11,15H,6-8H2,(H,14,16). The Bertz CT molecular complexity index is 628. The molecule has 2 rings (SSSR count). The molecule has 2 N–H and O–H groups in total. The van der Waals surface area contributed by atoms with E-state index < -0.39 is 10.0 Å². The van der Waals surface area contributed by atoms with Gasteiger partial charge in [0.15, 0.2) is 0 Å². The fourth-order valence-electron chi connectivity index (χ4n) is 1.53. The second-order valence-electron chi connectivity index (χ2n) is 4.31. The van der Waals surface area contributed by atoms with Crippen LogP contribution in [0.5, 0.6) is 0 Å². The lowest BCUT2D eigenvalue weighted by atomic mass is 10.2. The summed E-state index contributed by atoms with van der Waals surface area (Å²) in [6.07, 6.45) is 6.77. The van der Waals surface area contributed by atoms with Gasteiger partial charge in [-0.15, -0.1) is 6.42 Å². The lowest BCUT2D eigenvalue weighted by Gasteiger charge is -2.07. The Morgan fingerprint density at radius 1 is 1.42 bits per heavy atom. The van der Waals surface area contributed by atoms with Crippen molar-refractivity contribution in [2.75, 3.05) is 6.54 Å². The van der Waals surface area contributed by atoms with Crippen LogP contribution in [0.3, 0.4) is 0 Å². The number of amides is 1. The molecule has 0 aromatic heterocycles. The summed E-state index contributed by atoms with van der Waals surface area (Å²) in [6, 6.07) is 5.91. The molecule has 0 bridgehead atoms. The van der Waals surface area contributed by atoms with Crippen molar-refractivity contribution in [1.29, 1.82) is 0 Å². The van der Waals surface area contributed by atoms with Crippen molar-refractivity contribution in [1.82, 2.24) is 10.0 Å². The van der Waals surface area contributed by atoms with Gasteiger partial charge in [-0.3, -0.25) is 4.79 Å². The van der Waals surface area contributed by atoms with E-state index in [0.29, 0.717) is 0 Å². The van der Waals surface area contributed by atoms with Gasteiger partial charge >= 0.3 is 0 Å². The molecule has 100 valence electrons. The van der Waals surface area contributed by atoms with Crippen molar-refractivity contribution in [2.45, 2.75) is 23.8 Å². The first-order chi connectivity index (χ1) is 9.03. The Balaban J connectivity index is 2.19. The molecule has 5 nitrogen and oxygen atoms in total. The molecule has 1 saturated carbocycles. The number of terminal acetylenes is 1. The topological polar surface area (TPSA) is 75.3 Å². The Labute approximate surface area is 112 Å². The molecule has 6 heteroatoms. The van der Waals surface area contributed by atoms with E-state index in [9.17, 15) is 13.2 Å². The predicted octanol–water partition coefficient (Wildman–Crippen LogP) is 0.490. The molecule has 0 unspecified atom stereocenters. The minimum Gasteiger partial charge on any atom is -0.341 e. The quantitative estimate of drug-likeness (QED) is 0.770. The van der Waals surface area contributed by atoms with E-state index in [0.717, 1.165) is 12.8 Å². The van der Waals surface area contributed by atoms with Crippen LogP contribution < -0.4 is 10.0 Å².